The van der Waals surface area contributed by atoms with Gasteiger partial charge >= 0.3 is 12.0 Å². The lowest BCUT2D eigenvalue weighted by molar-refractivity contribution is -0.138. The molecule has 0 radical (unpaired) electrons. The molecular formula is C31H38N4O7. The molecule has 3 amide bonds. The summed E-state index contributed by atoms with van der Waals surface area (Å²) in [5.74, 6) is 0.257. The van der Waals surface area contributed by atoms with Gasteiger partial charge in [0, 0.05) is 43.5 Å². The number of nitrogens with zero attached hydrogens (tertiary/aromatic N) is 2. The third kappa shape index (κ3) is 8.14. The molecule has 1 unspecified atom stereocenters. The van der Waals surface area contributed by atoms with Crippen molar-refractivity contribution in [2.75, 3.05) is 57.0 Å². The molecular weight excluding hydrogens is 540 g/mol. The summed E-state index contributed by atoms with van der Waals surface area (Å²) >= 11 is 0. The molecule has 224 valence electrons. The molecule has 3 aromatic rings. The molecule has 0 saturated carbocycles. The SMILES string of the molecule is COc1cc(N(CCN(C)C(CC(=O)O)c2ccc(OC)c(OC)c2)C(C)=O)ccc1NC(=O)Nc1ccccc1C. The summed E-state index contributed by atoms with van der Waals surface area (Å²) in [5, 5.41) is 15.2. The largest absolute Gasteiger partial charge is 0.494 e. The minimum absolute atomic E-state index is 0.148. The molecule has 3 N–H and O–H groups in total. The Morgan fingerprint density at radius 1 is 0.833 bits per heavy atom. The van der Waals surface area contributed by atoms with Gasteiger partial charge in [0.1, 0.15) is 5.75 Å². The van der Waals surface area contributed by atoms with E-state index >= 15 is 0 Å². The van der Waals surface area contributed by atoms with Crippen molar-refractivity contribution in [2.24, 2.45) is 0 Å². The van der Waals surface area contributed by atoms with Crippen molar-refractivity contribution in [3.05, 3.63) is 71.8 Å². The number of carboxylic acids is 1. The summed E-state index contributed by atoms with van der Waals surface area (Å²) in [6.45, 7) is 4.00. The van der Waals surface area contributed by atoms with Gasteiger partial charge in [-0.2, -0.15) is 0 Å². The summed E-state index contributed by atoms with van der Waals surface area (Å²) in [6, 6.07) is 16.9. The number of rotatable bonds is 13. The summed E-state index contributed by atoms with van der Waals surface area (Å²) in [5.41, 5.74) is 3.36. The molecule has 0 aromatic heterocycles. The number of carboxylic acid groups (broad SMARTS) is 1. The first kappa shape index (κ1) is 31.8. The van der Waals surface area contributed by atoms with Crippen LogP contribution in [0.1, 0.15) is 30.5 Å². The van der Waals surface area contributed by atoms with Crippen molar-refractivity contribution in [1.29, 1.82) is 0 Å². The molecule has 0 aliphatic heterocycles. The van der Waals surface area contributed by atoms with Crippen molar-refractivity contribution in [2.45, 2.75) is 26.3 Å². The number of carbonyl (C=O) groups excluding carboxylic acids is 2. The molecule has 42 heavy (non-hydrogen) atoms. The van der Waals surface area contributed by atoms with E-state index in [0.29, 0.717) is 40.9 Å². The predicted molar refractivity (Wildman–Crippen MR) is 162 cm³/mol. The number of amides is 3. The number of benzene rings is 3. The molecule has 1 atom stereocenters. The molecule has 0 heterocycles. The van der Waals surface area contributed by atoms with Crippen LogP contribution in [0, 0.1) is 6.92 Å². The van der Waals surface area contributed by atoms with Gasteiger partial charge in [-0.15, -0.1) is 0 Å². The standard InChI is InChI=1S/C31H38N4O7/c1-20-9-7-8-10-24(20)32-31(39)33-25-13-12-23(18-28(25)41-5)35(21(2)36)16-15-34(3)26(19-30(37)38)22-11-14-27(40-4)29(17-22)42-6/h7-14,17-18,26H,15-16,19H2,1-6H3,(H,37,38)(H2,32,33,39). The van der Waals surface area contributed by atoms with Crippen LogP contribution in [0.3, 0.4) is 0 Å². The van der Waals surface area contributed by atoms with Gasteiger partial charge in [0.15, 0.2) is 11.5 Å². The number of carbonyl (C=O) groups is 3. The van der Waals surface area contributed by atoms with Crippen molar-refractivity contribution in [1.82, 2.24) is 4.90 Å². The van der Waals surface area contributed by atoms with Gasteiger partial charge in [-0.05, 0) is 55.4 Å². The van der Waals surface area contributed by atoms with Crippen LogP contribution in [0.15, 0.2) is 60.7 Å². The van der Waals surface area contributed by atoms with Crippen molar-refractivity contribution < 1.29 is 33.7 Å². The zero-order valence-electron chi connectivity index (χ0n) is 24.8. The number of anilines is 3. The maximum absolute atomic E-state index is 12.7. The molecule has 11 heteroatoms. The van der Waals surface area contributed by atoms with Gasteiger partial charge in [0.2, 0.25) is 5.91 Å². The third-order valence-corrected chi connectivity index (χ3v) is 6.89. The van der Waals surface area contributed by atoms with E-state index in [0.717, 1.165) is 11.1 Å². The maximum Gasteiger partial charge on any atom is 0.323 e. The van der Waals surface area contributed by atoms with E-state index in [1.807, 2.05) is 43.1 Å². The van der Waals surface area contributed by atoms with E-state index in [9.17, 15) is 19.5 Å². The zero-order chi connectivity index (χ0) is 30.8. The average Bonchev–Trinajstić information content (AvgIpc) is 2.97. The Morgan fingerprint density at radius 2 is 1.50 bits per heavy atom. The van der Waals surface area contributed by atoms with E-state index in [-0.39, 0.29) is 18.9 Å². The Bertz CT molecular complexity index is 1410. The molecule has 0 saturated heterocycles. The Balaban J connectivity index is 1.77. The lowest BCUT2D eigenvalue weighted by Gasteiger charge is -2.31. The number of likely N-dealkylation sites (N-methyl/N-ethyl adjacent to an activating group) is 1. The molecule has 3 rings (SSSR count). The number of ether oxygens (including phenoxy) is 3. The monoisotopic (exact) mass is 578 g/mol. The molecule has 3 aromatic carbocycles. The minimum atomic E-state index is -0.954. The first-order valence-corrected chi connectivity index (χ1v) is 13.3. The third-order valence-electron chi connectivity index (χ3n) is 6.89. The normalized spacial score (nSPS) is 11.4. The van der Waals surface area contributed by atoms with Gasteiger partial charge in [0.05, 0.1) is 33.4 Å². The lowest BCUT2D eigenvalue weighted by Crippen LogP contribution is -2.38. The number of hydrogen-bond acceptors (Lipinski definition) is 7. The first-order chi connectivity index (χ1) is 20.1. The summed E-state index contributed by atoms with van der Waals surface area (Å²) in [6.07, 6.45) is -0.148. The average molecular weight is 579 g/mol. The fourth-order valence-electron chi connectivity index (χ4n) is 4.58. The maximum atomic E-state index is 12.7. The van der Waals surface area contributed by atoms with Crippen LogP contribution in [-0.2, 0) is 9.59 Å². The Labute approximate surface area is 246 Å². The molecule has 11 nitrogen and oxygen atoms in total. The zero-order valence-corrected chi connectivity index (χ0v) is 24.8. The predicted octanol–water partition coefficient (Wildman–Crippen LogP) is 5.17. The highest BCUT2D eigenvalue weighted by molar-refractivity contribution is 6.01. The number of hydrogen-bond donors (Lipinski definition) is 3. The number of urea groups is 1. The van der Waals surface area contributed by atoms with Gasteiger partial charge in [0.25, 0.3) is 0 Å². The number of para-hydroxylation sites is 1. The van der Waals surface area contributed by atoms with E-state index < -0.39 is 18.0 Å². The fourth-order valence-corrected chi connectivity index (χ4v) is 4.58. The molecule has 0 aliphatic rings. The molecule has 0 bridgehead atoms. The van der Waals surface area contributed by atoms with Gasteiger partial charge < -0.3 is 34.9 Å². The fraction of sp³-hybridized carbons (Fsp3) is 0.323. The number of aryl methyl sites for hydroxylation is 1. The summed E-state index contributed by atoms with van der Waals surface area (Å²) in [4.78, 5) is 40.5. The smallest absolute Gasteiger partial charge is 0.323 e. The Kier molecular flexibility index (Phi) is 11.1. The van der Waals surface area contributed by atoms with Crippen molar-refractivity contribution >= 4 is 35.0 Å². The van der Waals surface area contributed by atoms with Gasteiger partial charge in [-0.25, -0.2) is 4.79 Å². The van der Waals surface area contributed by atoms with Crippen LogP contribution in [0.5, 0.6) is 17.2 Å². The van der Waals surface area contributed by atoms with Crippen LogP contribution in [-0.4, -0.2) is 69.4 Å². The van der Waals surface area contributed by atoms with E-state index in [4.69, 9.17) is 14.2 Å². The summed E-state index contributed by atoms with van der Waals surface area (Å²) < 4.78 is 16.2. The number of aliphatic carboxylic acids is 1. The van der Waals surface area contributed by atoms with Crippen LogP contribution in [0.2, 0.25) is 0 Å². The van der Waals surface area contributed by atoms with Crippen LogP contribution in [0.4, 0.5) is 21.9 Å². The second kappa shape index (κ2) is 14.7. The number of methoxy groups -OCH3 is 3. The highest BCUT2D eigenvalue weighted by Gasteiger charge is 2.24. The topological polar surface area (TPSA) is 130 Å². The second-order valence-electron chi connectivity index (χ2n) is 9.66. The van der Waals surface area contributed by atoms with Crippen molar-refractivity contribution in [3.63, 3.8) is 0 Å². The van der Waals surface area contributed by atoms with Crippen LogP contribution >= 0.6 is 0 Å². The molecule has 0 spiro atoms. The first-order valence-electron chi connectivity index (χ1n) is 13.3. The Morgan fingerprint density at radius 3 is 2.12 bits per heavy atom. The highest BCUT2D eigenvalue weighted by atomic mass is 16.5. The lowest BCUT2D eigenvalue weighted by atomic mass is 10.0. The quantitative estimate of drug-likeness (QED) is 0.254. The van der Waals surface area contributed by atoms with Gasteiger partial charge in [-0.1, -0.05) is 24.3 Å². The Hall–Kier alpha value is -4.77. The molecule has 0 aliphatic carbocycles. The van der Waals surface area contributed by atoms with E-state index in [2.05, 4.69) is 10.6 Å². The molecule has 0 fully saturated rings. The summed E-state index contributed by atoms with van der Waals surface area (Å²) in [7, 11) is 6.35. The second-order valence-corrected chi connectivity index (χ2v) is 9.66. The van der Waals surface area contributed by atoms with Crippen LogP contribution < -0.4 is 29.7 Å². The van der Waals surface area contributed by atoms with E-state index in [1.54, 1.807) is 41.3 Å². The van der Waals surface area contributed by atoms with E-state index in [1.165, 1.54) is 28.3 Å². The highest BCUT2D eigenvalue weighted by Crippen LogP contribution is 2.34. The van der Waals surface area contributed by atoms with Crippen molar-refractivity contribution in [3.8, 4) is 17.2 Å². The minimum Gasteiger partial charge on any atom is -0.494 e. The van der Waals surface area contributed by atoms with Crippen LogP contribution in [0.25, 0.3) is 0 Å². The van der Waals surface area contributed by atoms with Gasteiger partial charge in [-0.3, -0.25) is 14.5 Å². The number of nitrogens with one attached hydrogen (secondary N) is 2.